The van der Waals surface area contributed by atoms with Crippen LogP contribution in [0, 0.1) is 0 Å². The standard InChI is InChI=1S/C8H6F5NO3S/c9-7(10)5-3-4(18(14,15)16)1-2-6(5)17-8(11,12)13/h1-3,7H,(H2,14,15,16). The van der Waals surface area contributed by atoms with Gasteiger partial charge < -0.3 is 4.74 Å². The van der Waals surface area contributed by atoms with Crippen LogP contribution in [-0.4, -0.2) is 14.8 Å². The van der Waals surface area contributed by atoms with Crippen LogP contribution in [0.4, 0.5) is 22.0 Å². The zero-order valence-corrected chi connectivity index (χ0v) is 9.23. The molecule has 0 radical (unpaired) electrons. The molecule has 0 bridgehead atoms. The van der Waals surface area contributed by atoms with E-state index < -0.39 is 39.0 Å². The van der Waals surface area contributed by atoms with Gasteiger partial charge in [-0.15, -0.1) is 13.2 Å². The lowest BCUT2D eigenvalue weighted by Gasteiger charge is -2.13. The monoisotopic (exact) mass is 291 g/mol. The summed E-state index contributed by atoms with van der Waals surface area (Å²) < 4.78 is 85.8. The van der Waals surface area contributed by atoms with Crippen LogP contribution in [0.3, 0.4) is 0 Å². The first-order valence-corrected chi connectivity index (χ1v) is 5.76. The minimum atomic E-state index is -5.16. The van der Waals surface area contributed by atoms with Crippen LogP contribution in [0.2, 0.25) is 0 Å². The molecule has 1 aromatic carbocycles. The molecule has 0 aliphatic carbocycles. The van der Waals surface area contributed by atoms with Crippen LogP contribution in [0.15, 0.2) is 23.1 Å². The Hall–Kier alpha value is -1.42. The SMILES string of the molecule is NS(=O)(=O)c1ccc(OC(F)(F)F)c(C(F)F)c1. The Labute approximate surface area is 98.2 Å². The van der Waals surface area contributed by atoms with E-state index in [9.17, 15) is 30.4 Å². The van der Waals surface area contributed by atoms with Crippen LogP contribution in [-0.2, 0) is 10.0 Å². The highest BCUT2D eigenvalue weighted by molar-refractivity contribution is 7.89. The topological polar surface area (TPSA) is 69.4 Å². The fraction of sp³-hybridized carbons (Fsp3) is 0.250. The average Bonchev–Trinajstić information content (AvgIpc) is 2.13. The van der Waals surface area contributed by atoms with Crippen molar-refractivity contribution in [3.05, 3.63) is 23.8 Å². The Kier molecular flexibility index (Phi) is 3.81. The summed E-state index contributed by atoms with van der Waals surface area (Å²) in [6.07, 6.45) is -8.50. The molecule has 1 rings (SSSR count). The molecule has 2 N–H and O–H groups in total. The van der Waals surface area contributed by atoms with Gasteiger partial charge in [-0.25, -0.2) is 22.3 Å². The van der Waals surface area contributed by atoms with E-state index in [0.29, 0.717) is 18.2 Å². The minimum absolute atomic E-state index is 0.334. The van der Waals surface area contributed by atoms with Gasteiger partial charge in [0, 0.05) is 0 Å². The van der Waals surface area contributed by atoms with E-state index >= 15 is 0 Å². The van der Waals surface area contributed by atoms with Crippen molar-refractivity contribution in [2.24, 2.45) is 5.14 Å². The van der Waals surface area contributed by atoms with Gasteiger partial charge in [0.1, 0.15) is 5.75 Å². The number of primary sulfonamides is 1. The van der Waals surface area contributed by atoms with E-state index in [-0.39, 0.29) is 0 Å². The third-order valence-electron chi connectivity index (χ3n) is 1.77. The molecule has 102 valence electrons. The first-order chi connectivity index (χ1) is 8.00. The molecule has 0 aliphatic rings. The van der Waals surface area contributed by atoms with E-state index in [4.69, 9.17) is 0 Å². The summed E-state index contributed by atoms with van der Waals surface area (Å²) in [7, 11) is -4.29. The maximum absolute atomic E-state index is 12.5. The Morgan fingerprint density at radius 3 is 2.17 bits per heavy atom. The molecule has 18 heavy (non-hydrogen) atoms. The summed E-state index contributed by atoms with van der Waals surface area (Å²) in [6.45, 7) is 0. The normalized spacial score (nSPS) is 12.8. The third-order valence-corrected chi connectivity index (χ3v) is 2.68. The first-order valence-electron chi connectivity index (χ1n) is 4.21. The van der Waals surface area contributed by atoms with E-state index in [2.05, 4.69) is 9.88 Å². The van der Waals surface area contributed by atoms with Crippen LogP contribution in [0.25, 0.3) is 0 Å². The smallest absolute Gasteiger partial charge is 0.405 e. The molecule has 4 nitrogen and oxygen atoms in total. The summed E-state index contributed by atoms with van der Waals surface area (Å²) >= 11 is 0. The highest BCUT2D eigenvalue weighted by atomic mass is 32.2. The molecule has 0 saturated heterocycles. The van der Waals surface area contributed by atoms with Crippen molar-refractivity contribution in [1.82, 2.24) is 0 Å². The highest BCUT2D eigenvalue weighted by Gasteiger charge is 2.33. The summed E-state index contributed by atoms with van der Waals surface area (Å²) in [5.74, 6) is -1.18. The van der Waals surface area contributed by atoms with Gasteiger partial charge in [0.05, 0.1) is 10.5 Å². The molecule has 0 spiro atoms. The quantitative estimate of drug-likeness (QED) is 0.868. The number of sulfonamides is 1. The molecule has 10 heteroatoms. The summed E-state index contributed by atoms with van der Waals surface area (Å²) in [6, 6.07) is 1.44. The zero-order valence-electron chi connectivity index (χ0n) is 8.41. The van der Waals surface area contributed by atoms with Gasteiger partial charge in [-0.1, -0.05) is 0 Å². The van der Waals surface area contributed by atoms with Crippen molar-refractivity contribution in [3.63, 3.8) is 0 Å². The van der Waals surface area contributed by atoms with Gasteiger partial charge in [0.15, 0.2) is 0 Å². The van der Waals surface area contributed by atoms with Crippen molar-refractivity contribution in [2.45, 2.75) is 17.7 Å². The number of nitrogens with two attached hydrogens (primary N) is 1. The third kappa shape index (κ3) is 3.81. The Bertz CT molecular complexity index is 540. The maximum Gasteiger partial charge on any atom is 0.573 e. The summed E-state index contributed by atoms with van der Waals surface area (Å²) in [4.78, 5) is -0.729. The molecule has 0 amide bonds. The van der Waals surface area contributed by atoms with Gasteiger partial charge in [-0.05, 0) is 18.2 Å². The van der Waals surface area contributed by atoms with Crippen LogP contribution >= 0.6 is 0 Å². The second kappa shape index (κ2) is 4.69. The predicted octanol–water partition coefficient (Wildman–Crippen LogP) is 2.17. The lowest BCUT2D eigenvalue weighted by Crippen LogP contribution is -2.19. The molecule has 0 atom stereocenters. The van der Waals surface area contributed by atoms with Crippen molar-refractivity contribution in [2.75, 3.05) is 0 Å². The molecule has 0 unspecified atom stereocenters. The lowest BCUT2D eigenvalue weighted by molar-refractivity contribution is -0.275. The van der Waals surface area contributed by atoms with E-state index in [1.807, 2.05) is 0 Å². The number of halogens is 5. The van der Waals surface area contributed by atoms with Gasteiger partial charge in [0.2, 0.25) is 10.0 Å². The van der Waals surface area contributed by atoms with Crippen molar-refractivity contribution < 1.29 is 35.1 Å². The Morgan fingerprint density at radius 2 is 1.78 bits per heavy atom. The van der Waals surface area contributed by atoms with Crippen LogP contribution in [0.5, 0.6) is 5.75 Å². The first kappa shape index (κ1) is 14.6. The molecule has 1 aromatic rings. The number of hydrogen-bond donors (Lipinski definition) is 1. The lowest BCUT2D eigenvalue weighted by atomic mass is 10.2. The number of rotatable bonds is 3. The zero-order chi connectivity index (χ0) is 14.1. The number of ether oxygens (including phenoxy) is 1. The number of benzene rings is 1. The molecule has 0 fully saturated rings. The molecular weight excluding hydrogens is 285 g/mol. The second-order valence-corrected chi connectivity index (χ2v) is 4.65. The van der Waals surface area contributed by atoms with Gasteiger partial charge in [0.25, 0.3) is 6.43 Å². The fourth-order valence-electron chi connectivity index (χ4n) is 1.09. The molecule has 0 aliphatic heterocycles. The number of hydrogen-bond acceptors (Lipinski definition) is 3. The van der Waals surface area contributed by atoms with Crippen LogP contribution in [0.1, 0.15) is 12.0 Å². The van der Waals surface area contributed by atoms with Crippen molar-refractivity contribution >= 4 is 10.0 Å². The van der Waals surface area contributed by atoms with Gasteiger partial charge in [-0.2, -0.15) is 0 Å². The Balaban J connectivity index is 3.30. The average molecular weight is 291 g/mol. The maximum atomic E-state index is 12.5. The van der Waals surface area contributed by atoms with Crippen LogP contribution < -0.4 is 9.88 Å². The fourth-order valence-corrected chi connectivity index (χ4v) is 1.64. The van der Waals surface area contributed by atoms with Crippen molar-refractivity contribution in [1.29, 1.82) is 0 Å². The summed E-state index contributed by atoms with van der Waals surface area (Å²) in [5, 5.41) is 4.67. The van der Waals surface area contributed by atoms with Crippen molar-refractivity contribution in [3.8, 4) is 5.75 Å². The number of alkyl halides is 5. The minimum Gasteiger partial charge on any atom is -0.405 e. The predicted molar refractivity (Wildman–Crippen MR) is 49.5 cm³/mol. The largest absolute Gasteiger partial charge is 0.573 e. The summed E-state index contributed by atoms with van der Waals surface area (Å²) in [5.41, 5.74) is -1.21. The molecule has 0 heterocycles. The van der Waals surface area contributed by atoms with E-state index in [0.717, 1.165) is 0 Å². The Morgan fingerprint density at radius 1 is 1.22 bits per heavy atom. The van der Waals surface area contributed by atoms with E-state index in [1.165, 1.54) is 0 Å². The van der Waals surface area contributed by atoms with Gasteiger partial charge in [-0.3, -0.25) is 0 Å². The van der Waals surface area contributed by atoms with E-state index in [1.54, 1.807) is 0 Å². The molecular formula is C8H6F5NO3S. The molecule has 0 aromatic heterocycles. The van der Waals surface area contributed by atoms with Gasteiger partial charge >= 0.3 is 6.36 Å². The second-order valence-electron chi connectivity index (χ2n) is 3.09. The highest BCUT2D eigenvalue weighted by Crippen LogP contribution is 2.34. The molecule has 0 saturated carbocycles.